The van der Waals surface area contributed by atoms with E-state index < -0.39 is 0 Å². The van der Waals surface area contributed by atoms with Crippen LogP contribution in [0.5, 0.6) is 5.75 Å². The Hall–Kier alpha value is -2.57. The molecule has 0 spiro atoms. The maximum atomic E-state index is 12.4. The fourth-order valence-electron chi connectivity index (χ4n) is 3.09. The van der Waals surface area contributed by atoms with Crippen molar-refractivity contribution in [2.24, 2.45) is 0 Å². The number of nitrogens with one attached hydrogen (secondary N) is 3. The third-order valence-corrected chi connectivity index (χ3v) is 4.58. The highest BCUT2D eigenvalue weighted by Crippen LogP contribution is 2.30. The Morgan fingerprint density at radius 1 is 0.857 bits per heavy atom. The summed E-state index contributed by atoms with van der Waals surface area (Å²) in [6.07, 6.45) is 2.38. The van der Waals surface area contributed by atoms with Crippen LogP contribution in [0.3, 0.4) is 0 Å². The Morgan fingerprint density at radius 2 is 1.64 bits per heavy atom. The van der Waals surface area contributed by atoms with Gasteiger partial charge in [0, 0.05) is 24.2 Å². The molecule has 0 aliphatic carbocycles. The Kier molecular flexibility index (Phi) is 8.29. The lowest BCUT2D eigenvalue weighted by Gasteiger charge is -2.12. The second-order valence-electron chi connectivity index (χ2n) is 6.67. The van der Waals surface area contributed by atoms with Crippen molar-refractivity contribution in [3.8, 4) is 16.9 Å². The van der Waals surface area contributed by atoms with Crippen LogP contribution in [-0.4, -0.2) is 43.1 Å². The molecule has 0 saturated heterocycles. The number of carbonyl (C=O) groups excluding carboxylic acids is 2. The molecule has 2 aromatic carbocycles. The van der Waals surface area contributed by atoms with Gasteiger partial charge in [0.15, 0.2) is 0 Å². The summed E-state index contributed by atoms with van der Waals surface area (Å²) in [5.41, 5.74) is 3.04. The summed E-state index contributed by atoms with van der Waals surface area (Å²) in [6.45, 7) is 2.14. The average molecular weight is 404 g/mol. The fraction of sp³-hybridized carbons (Fsp3) is 0.333. The second-order valence-corrected chi connectivity index (χ2v) is 6.67. The largest absolute Gasteiger partial charge is 0.507 e. The molecule has 7 heteroatoms. The highest BCUT2D eigenvalue weighted by Gasteiger charge is 2.11. The molecule has 0 fully saturated rings. The molecule has 1 heterocycles. The summed E-state index contributed by atoms with van der Waals surface area (Å²) in [4.78, 5) is 24.2. The first-order valence-electron chi connectivity index (χ1n) is 9.31. The highest BCUT2D eigenvalue weighted by molar-refractivity contribution is 5.95. The van der Waals surface area contributed by atoms with E-state index in [1.165, 1.54) is 0 Å². The number of aromatic hydroxyl groups is 1. The van der Waals surface area contributed by atoms with E-state index >= 15 is 0 Å². The Bertz CT molecular complexity index is 826. The molecule has 0 atom stereocenters. The van der Waals surface area contributed by atoms with E-state index in [9.17, 15) is 14.7 Å². The van der Waals surface area contributed by atoms with Crippen molar-refractivity contribution < 1.29 is 14.7 Å². The lowest BCUT2D eigenvalue weighted by molar-refractivity contribution is -0.120. The molecular formula is C21H26ClN3O3. The minimum Gasteiger partial charge on any atom is -0.507 e. The van der Waals surface area contributed by atoms with Crippen molar-refractivity contribution in [1.82, 2.24) is 16.0 Å². The molecule has 28 heavy (non-hydrogen) atoms. The first-order valence-corrected chi connectivity index (χ1v) is 9.31. The molecular weight excluding hydrogens is 378 g/mol. The Labute approximate surface area is 171 Å². The van der Waals surface area contributed by atoms with E-state index in [4.69, 9.17) is 0 Å². The zero-order chi connectivity index (χ0) is 19.1. The summed E-state index contributed by atoms with van der Waals surface area (Å²) < 4.78 is 0. The van der Waals surface area contributed by atoms with Crippen LogP contribution in [0.2, 0.25) is 0 Å². The highest BCUT2D eigenvalue weighted by atomic mass is 35.5. The van der Waals surface area contributed by atoms with Gasteiger partial charge in [-0.2, -0.15) is 0 Å². The average Bonchev–Trinajstić information content (AvgIpc) is 2.68. The SMILES string of the molecule is Cl.O=C1CNCCCCNC(=O)c2cccc(c2)-c2cc(ccc2O)CCN1. The van der Waals surface area contributed by atoms with Crippen LogP contribution in [0, 0.1) is 0 Å². The molecule has 0 aromatic heterocycles. The molecule has 0 saturated carbocycles. The smallest absolute Gasteiger partial charge is 0.251 e. The number of fused-ring (bicyclic) bond motifs is 5. The fourth-order valence-corrected chi connectivity index (χ4v) is 3.09. The number of amides is 2. The first kappa shape index (κ1) is 21.7. The molecule has 4 N–H and O–H groups in total. The van der Waals surface area contributed by atoms with Gasteiger partial charge >= 0.3 is 0 Å². The zero-order valence-corrected chi connectivity index (χ0v) is 16.5. The van der Waals surface area contributed by atoms with Gasteiger partial charge in [0.1, 0.15) is 5.75 Å². The number of hydrogen-bond donors (Lipinski definition) is 4. The number of hydrogen-bond acceptors (Lipinski definition) is 4. The number of phenolic OH excluding ortho intramolecular Hbond substituents is 1. The predicted molar refractivity (Wildman–Crippen MR) is 112 cm³/mol. The molecule has 6 nitrogen and oxygen atoms in total. The van der Waals surface area contributed by atoms with Crippen molar-refractivity contribution in [2.75, 3.05) is 26.2 Å². The Balaban J connectivity index is 0.00000280. The number of halogens is 1. The lowest BCUT2D eigenvalue weighted by atomic mass is 9.98. The van der Waals surface area contributed by atoms with Crippen molar-refractivity contribution >= 4 is 24.2 Å². The number of carbonyl (C=O) groups is 2. The summed E-state index contributed by atoms with van der Waals surface area (Å²) in [6, 6.07) is 12.7. The van der Waals surface area contributed by atoms with E-state index in [0.717, 1.165) is 30.5 Å². The van der Waals surface area contributed by atoms with E-state index in [-0.39, 0.29) is 36.5 Å². The maximum Gasteiger partial charge on any atom is 0.251 e. The second kappa shape index (κ2) is 10.7. The zero-order valence-electron chi connectivity index (χ0n) is 15.7. The molecule has 2 amide bonds. The summed E-state index contributed by atoms with van der Waals surface area (Å²) in [5, 5.41) is 19.2. The van der Waals surface area contributed by atoms with Gasteiger partial charge in [0.05, 0.1) is 6.54 Å². The minimum absolute atomic E-state index is 0. The van der Waals surface area contributed by atoms with Crippen LogP contribution in [0.25, 0.3) is 11.1 Å². The van der Waals surface area contributed by atoms with Crippen molar-refractivity contribution in [3.05, 3.63) is 53.6 Å². The van der Waals surface area contributed by atoms with Crippen LogP contribution in [0.1, 0.15) is 28.8 Å². The van der Waals surface area contributed by atoms with E-state index in [1.54, 1.807) is 18.2 Å². The molecule has 4 bridgehead atoms. The number of phenols is 1. The van der Waals surface area contributed by atoms with Gasteiger partial charge in [-0.25, -0.2) is 0 Å². The summed E-state index contributed by atoms with van der Waals surface area (Å²) in [5.74, 6) is 0.0102. The van der Waals surface area contributed by atoms with Gasteiger partial charge in [-0.05, 0) is 61.2 Å². The monoisotopic (exact) mass is 403 g/mol. The van der Waals surface area contributed by atoms with Crippen LogP contribution in [0.15, 0.2) is 42.5 Å². The van der Waals surface area contributed by atoms with Crippen molar-refractivity contribution in [2.45, 2.75) is 19.3 Å². The lowest BCUT2D eigenvalue weighted by Crippen LogP contribution is -2.35. The number of rotatable bonds is 0. The van der Waals surface area contributed by atoms with Gasteiger partial charge in [-0.3, -0.25) is 9.59 Å². The molecule has 1 aliphatic heterocycles. The van der Waals surface area contributed by atoms with Gasteiger partial charge in [0.25, 0.3) is 5.91 Å². The molecule has 150 valence electrons. The molecule has 0 unspecified atom stereocenters. The summed E-state index contributed by atoms with van der Waals surface area (Å²) in [7, 11) is 0. The summed E-state index contributed by atoms with van der Waals surface area (Å²) >= 11 is 0. The molecule has 1 aliphatic rings. The molecule has 2 aromatic rings. The van der Waals surface area contributed by atoms with Gasteiger partial charge in [0.2, 0.25) is 5.91 Å². The quantitative estimate of drug-likeness (QED) is 0.543. The van der Waals surface area contributed by atoms with E-state index in [2.05, 4.69) is 16.0 Å². The number of benzene rings is 2. The minimum atomic E-state index is -0.124. The van der Waals surface area contributed by atoms with E-state index in [0.29, 0.717) is 30.6 Å². The molecule has 3 rings (SSSR count). The van der Waals surface area contributed by atoms with Gasteiger partial charge in [-0.15, -0.1) is 12.4 Å². The normalized spacial score (nSPS) is 16.0. The molecule has 0 radical (unpaired) electrons. The maximum absolute atomic E-state index is 12.4. The standard InChI is InChI=1S/C21H25N3O3.ClH/c25-19-7-6-15-8-11-23-20(26)14-22-9-1-2-10-24-21(27)17-5-3-4-16(13-17)18(19)12-15;/h3-7,12-13,22,25H,1-2,8-11,14H2,(H,23,26)(H,24,27);1H. The van der Waals surface area contributed by atoms with Crippen molar-refractivity contribution in [3.63, 3.8) is 0 Å². The Morgan fingerprint density at radius 3 is 2.50 bits per heavy atom. The topological polar surface area (TPSA) is 90.5 Å². The third kappa shape index (κ3) is 5.97. The van der Waals surface area contributed by atoms with Gasteiger partial charge < -0.3 is 21.1 Å². The predicted octanol–water partition coefficient (Wildman–Crippen LogP) is 2.25. The third-order valence-electron chi connectivity index (χ3n) is 4.58. The van der Waals surface area contributed by atoms with Gasteiger partial charge in [-0.1, -0.05) is 18.2 Å². The van der Waals surface area contributed by atoms with Crippen molar-refractivity contribution in [1.29, 1.82) is 0 Å². The van der Waals surface area contributed by atoms with Crippen LogP contribution >= 0.6 is 12.4 Å². The van der Waals surface area contributed by atoms with Crippen LogP contribution < -0.4 is 16.0 Å². The van der Waals surface area contributed by atoms with Crippen LogP contribution in [0.4, 0.5) is 0 Å². The van der Waals surface area contributed by atoms with Crippen LogP contribution in [-0.2, 0) is 11.2 Å². The van der Waals surface area contributed by atoms with E-state index in [1.807, 2.05) is 24.3 Å². The first-order chi connectivity index (χ1) is 13.1.